The van der Waals surface area contributed by atoms with Crippen molar-refractivity contribution >= 4 is 22.5 Å². The second-order valence-electron chi connectivity index (χ2n) is 5.11. The van der Waals surface area contributed by atoms with E-state index in [-0.39, 0.29) is 5.82 Å². The second kappa shape index (κ2) is 5.87. The van der Waals surface area contributed by atoms with Crippen molar-refractivity contribution in [1.29, 1.82) is 0 Å². The Morgan fingerprint density at radius 2 is 2.32 bits per heavy atom. The maximum atomic E-state index is 13.6. The molecule has 1 aromatic carbocycles. The number of hydrogen-bond donors (Lipinski definition) is 0. The van der Waals surface area contributed by atoms with E-state index in [2.05, 4.69) is 19.9 Å². The van der Waals surface area contributed by atoms with E-state index in [4.69, 9.17) is 5.53 Å². The molecule has 3 rings (SSSR count). The van der Waals surface area contributed by atoms with Crippen LogP contribution in [0.2, 0.25) is 0 Å². The van der Waals surface area contributed by atoms with Gasteiger partial charge in [0, 0.05) is 16.2 Å². The highest BCUT2D eigenvalue weighted by atomic mass is 32.2. The van der Waals surface area contributed by atoms with Gasteiger partial charge in [0.15, 0.2) is 5.17 Å². The third-order valence-corrected chi connectivity index (χ3v) is 4.61. The van der Waals surface area contributed by atoms with E-state index in [1.54, 1.807) is 24.8 Å². The summed E-state index contributed by atoms with van der Waals surface area (Å²) in [7, 11) is 0. The van der Waals surface area contributed by atoms with E-state index in [0.717, 1.165) is 22.0 Å². The number of aliphatic imine (C=N–C) groups is 1. The Kier molecular flexibility index (Phi) is 3.92. The third kappa shape index (κ3) is 2.61. The number of azide groups is 1. The first-order chi connectivity index (χ1) is 10.6. The minimum Gasteiger partial charge on any atom is -0.320 e. The number of benzene rings is 1. The molecule has 2 aliphatic heterocycles. The summed E-state index contributed by atoms with van der Waals surface area (Å²) in [4.78, 5) is 9.60. The normalized spacial score (nSPS) is 18.4. The molecule has 112 valence electrons. The van der Waals surface area contributed by atoms with E-state index in [9.17, 15) is 4.39 Å². The Bertz CT molecular complexity index is 761. The first kappa shape index (κ1) is 14.7. The Labute approximate surface area is 131 Å². The molecule has 7 heteroatoms. The Morgan fingerprint density at radius 1 is 1.50 bits per heavy atom. The van der Waals surface area contributed by atoms with Gasteiger partial charge in [-0.05, 0) is 35.6 Å². The summed E-state index contributed by atoms with van der Waals surface area (Å²) in [6.45, 7) is 4.41. The van der Waals surface area contributed by atoms with Crippen LogP contribution in [-0.4, -0.2) is 22.7 Å². The van der Waals surface area contributed by atoms with E-state index in [1.165, 1.54) is 12.1 Å². The number of halogens is 1. The highest BCUT2D eigenvalue weighted by Crippen LogP contribution is 2.36. The average molecular weight is 315 g/mol. The van der Waals surface area contributed by atoms with E-state index in [0.29, 0.717) is 12.2 Å². The average Bonchev–Trinajstić information content (AvgIpc) is 2.87. The molecule has 0 radical (unpaired) electrons. The van der Waals surface area contributed by atoms with Crippen molar-refractivity contribution in [1.82, 2.24) is 4.90 Å². The Balaban J connectivity index is 2.12. The van der Waals surface area contributed by atoms with Crippen LogP contribution < -0.4 is 0 Å². The number of nitrogens with zero attached hydrogens (tertiary/aromatic N) is 5. The van der Waals surface area contributed by atoms with Gasteiger partial charge in [0.05, 0.1) is 18.3 Å². The summed E-state index contributed by atoms with van der Waals surface area (Å²) >= 11 is 1.54. The molecular formula is C15H14FN5S. The predicted octanol–water partition coefficient (Wildman–Crippen LogP) is 4.52. The van der Waals surface area contributed by atoms with Crippen LogP contribution in [0.3, 0.4) is 0 Å². The second-order valence-corrected chi connectivity index (χ2v) is 5.95. The summed E-state index contributed by atoms with van der Waals surface area (Å²) in [5.74, 6) is -0.293. The number of thioether (sulfide) groups is 1. The zero-order valence-corrected chi connectivity index (χ0v) is 13.0. The summed E-state index contributed by atoms with van der Waals surface area (Å²) in [6.07, 6.45) is 0. The lowest BCUT2D eigenvalue weighted by Gasteiger charge is -2.29. The van der Waals surface area contributed by atoms with Crippen LogP contribution in [0, 0.1) is 5.82 Å². The fraction of sp³-hybridized carbons (Fsp3) is 0.267. The van der Waals surface area contributed by atoms with Gasteiger partial charge in [0.25, 0.3) is 0 Å². The number of fused-ring (bicyclic) bond motifs is 1. The lowest BCUT2D eigenvalue weighted by molar-refractivity contribution is 0.580. The molecule has 1 unspecified atom stereocenters. The number of amidine groups is 1. The molecule has 0 fully saturated rings. The molecule has 5 nitrogen and oxygen atoms in total. The summed E-state index contributed by atoms with van der Waals surface area (Å²) < 4.78 is 13.6. The van der Waals surface area contributed by atoms with Crippen LogP contribution in [-0.2, 0) is 0 Å². The van der Waals surface area contributed by atoms with Crippen LogP contribution in [0.25, 0.3) is 16.0 Å². The molecule has 0 amide bonds. The van der Waals surface area contributed by atoms with E-state index < -0.39 is 6.04 Å². The molecule has 22 heavy (non-hydrogen) atoms. The van der Waals surface area contributed by atoms with Crippen molar-refractivity contribution in [2.24, 2.45) is 10.1 Å². The van der Waals surface area contributed by atoms with Gasteiger partial charge < -0.3 is 4.90 Å². The molecule has 2 heterocycles. The van der Waals surface area contributed by atoms with E-state index >= 15 is 0 Å². The van der Waals surface area contributed by atoms with Crippen molar-refractivity contribution in [2.45, 2.75) is 19.9 Å². The lowest BCUT2D eigenvalue weighted by atomic mass is 9.99. The predicted molar refractivity (Wildman–Crippen MR) is 87.4 cm³/mol. The van der Waals surface area contributed by atoms with Crippen molar-refractivity contribution in [3.63, 3.8) is 0 Å². The van der Waals surface area contributed by atoms with Crippen LogP contribution in [0.4, 0.5) is 4.39 Å². The largest absolute Gasteiger partial charge is 0.320 e. The van der Waals surface area contributed by atoms with Crippen LogP contribution in [0.1, 0.15) is 19.4 Å². The highest BCUT2D eigenvalue weighted by molar-refractivity contribution is 8.16. The topological polar surface area (TPSA) is 64.4 Å². The van der Waals surface area contributed by atoms with Gasteiger partial charge in [-0.25, -0.2) is 9.38 Å². The van der Waals surface area contributed by atoms with Crippen molar-refractivity contribution in [3.8, 4) is 0 Å². The molecule has 0 saturated heterocycles. The van der Waals surface area contributed by atoms with Gasteiger partial charge in [0.2, 0.25) is 0 Å². The lowest BCUT2D eigenvalue weighted by Crippen LogP contribution is -2.30. The first-order valence-electron chi connectivity index (χ1n) is 6.83. The quantitative estimate of drug-likeness (QED) is 0.468. The first-order valence-corrected chi connectivity index (χ1v) is 7.71. The molecular weight excluding hydrogens is 301 g/mol. The number of hydrogen-bond acceptors (Lipinski definition) is 4. The van der Waals surface area contributed by atoms with Crippen LogP contribution in [0.5, 0.6) is 0 Å². The van der Waals surface area contributed by atoms with Crippen molar-refractivity contribution in [3.05, 3.63) is 62.9 Å². The standard InChI is InChI=1S/C15H14FN5S/c1-9-8-22-15-18-14(10(2)19-20-17)13(7-21(9)15)11-4-3-5-12(16)6-11/h3-6,8,10H,7H2,1-2H3. The fourth-order valence-corrected chi connectivity index (χ4v) is 3.39. The third-order valence-electron chi connectivity index (χ3n) is 3.63. The number of rotatable bonds is 3. The number of allylic oxidation sites excluding steroid dienone is 1. The van der Waals surface area contributed by atoms with Crippen molar-refractivity contribution in [2.75, 3.05) is 6.54 Å². The molecule has 2 aliphatic rings. The molecule has 0 N–H and O–H groups in total. The summed E-state index contributed by atoms with van der Waals surface area (Å²) in [6, 6.07) is 6.02. The molecule has 0 aliphatic carbocycles. The maximum Gasteiger partial charge on any atom is 0.173 e. The van der Waals surface area contributed by atoms with Gasteiger partial charge in [-0.2, -0.15) is 0 Å². The van der Waals surface area contributed by atoms with Crippen LogP contribution in [0.15, 0.2) is 51.2 Å². The maximum absolute atomic E-state index is 13.6. The Hall–Kier alpha value is -2.24. The van der Waals surface area contributed by atoms with Gasteiger partial charge in [-0.15, -0.1) is 0 Å². The van der Waals surface area contributed by atoms with E-state index in [1.807, 2.05) is 18.4 Å². The molecule has 0 spiro atoms. The molecule has 0 aromatic heterocycles. The van der Waals surface area contributed by atoms with Gasteiger partial charge in [0.1, 0.15) is 5.82 Å². The fourth-order valence-electron chi connectivity index (χ4n) is 2.50. The van der Waals surface area contributed by atoms with Gasteiger partial charge in [-0.1, -0.05) is 35.9 Å². The molecule has 1 aromatic rings. The summed E-state index contributed by atoms with van der Waals surface area (Å²) in [5, 5.41) is 6.66. The zero-order valence-electron chi connectivity index (χ0n) is 12.2. The van der Waals surface area contributed by atoms with Crippen LogP contribution >= 0.6 is 11.8 Å². The smallest absolute Gasteiger partial charge is 0.173 e. The van der Waals surface area contributed by atoms with Crippen molar-refractivity contribution < 1.29 is 4.39 Å². The molecule has 1 atom stereocenters. The molecule has 0 saturated carbocycles. The molecule has 0 bridgehead atoms. The Morgan fingerprint density at radius 3 is 3.05 bits per heavy atom. The highest BCUT2D eigenvalue weighted by Gasteiger charge is 2.29. The zero-order chi connectivity index (χ0) is 15.7. The van der Waals surface area contributed by atoms with Gasteiger partial charge in [-0.3, -0.25) is 0 Å². The monoisotopic (exact) mass is 315 g/mol. The SMILES string of the molecule is CC1=CSC2=NC(C(C)N=[N+]=[N-])=C(c3cccc(F)c3)CN12. The minimum absolute atomic E-state index is 0.293. The minimum atomic E-state index is -0.403. The summed E-state index contributed by atoms with van der Waals surface area (Å²) in [5.41, 5.74) is 12.2. The van der Waals surface area contributed by atoms with Gasteiger partial charge >= 0.3 is 0 Å².